The summed E-state index contributed by atoms with van der Waals surface area (Å²) >= 11 is -2.09. The number of likely N-dealkylation sites (N-methyl/N-ethyl adjacent to an activating group) is 2. The summed E-state index contributed by atoms with van der Waals surface area (Å²) in [4.78, 5) is 5.68. The molecule has 2 atom stereocenters. The first-order chi connectivity index (χ1) is 13.1. The van der Waals surface area contributed by atoms with Gasteiger partial charge in [0.15, 0.2) is 0 Å². The molecule has 0 N–H and O–H groups in total. The molecule has 162 valence electrons. The Morgan fingerprint density at radius 3 is 1.59 bits per heavy atom. The third-order valence-corrected chi connectivity index (χ3v) is 22.5. The number of nitrogens with zero attached hydrogens (tertiary/aromatic N) is 2. The maximum atomic E-state index is 3.02. The van der Waals surface area contributed by atoms with Gasteiger partial charge < -0.3 is 0 Å². The number of hydrogen-bond donors (Lipinski definition) is 0. The van der Waals surface area contributed by atoms with E-state index in [-0.39, 0.29) is 0 Å². The van der Waals surface area contributed by atoms with Crippen molar-refractivity contribution in [2.45, 2.75) is 124 Å². The first-order valence-electron chi connectivity index (χ1n) is 12.5. The van der Waals surface area contributed by atoms with Crippen LogP contribution in [-0.2, 0) is 0 Å². The van der Waals surface area contributed by atoms with Crippen molar-refractivity contribution in [3.05, 3.63) is 0 Å². The fourth-order valence-corrected chi connectivity index (χ4v) is 22.1. The number of unbranched alkanes of at least 4 members (excludes halogenated alkanes) is 3. The van der Waals surface area contributed by atoms with Gasteiger partial charge in [0, 0.05) is 0 Å². The average Bonchev–Trinajstić information content (AvgIpc) is 2.72. The summed E-state index contributed by atoms with van der Waals surface area (Å²) in [6, 6.07) is 1.63. The van der Waals surface area contributed by atoms with E-state index in [4.69, 9.17) is 0 Å². The van der Waals surface area contributed by atoms with Crippen molar-refractivity contribution in [2.75, 3.05) is 24.7 Å². The van der Waals surface area contributed by atoms with E-state index in [0.717, 1.165) is 12.1 Å². The Kier molecular flexibility index (Phi) is 14.0. The summed E-state index contributed by atoms with van der Waals surface area (Å²) in [6.45, 7) is 14.5. The SMILES string of the molecule is CCC[CH2][Sn]([CH2]CCC)([CH2]CCC)[CH2]N(CC)[C@@H]1CCCC[C@H]1N(C)CC. The first-order valence-corrected chi connectivity index (χ1v) is 20.6. The van der Waals surface area contributed by atoms with E-state index in [9.17, 15) is 0 Å². The molecule has 0 aromatic heterocycles. The Bertz CT molecular complexity index is 339. The summed E-state index contributed by atoms with van der Waals surface area (Å²) in [5.74, 6) is 0. The summed E-state index contributed by atoms with van der Waals surface area (Å²) in [5.41, 5.74) is 0. The minimum absolute atomic E-state index is 0.802. The summed E-state index contributed by atoms with van der Waals surface area (Å²) in [7, 11) is 2.37. The Morgan fingerprint density at radius 2 is 1.19 bits per heavy atom. The van der Waals surface area contributed by atoms with E-state index in [1.807, 2.05) is 0 Å². The molecule has 1 rings (SSSR count). The van der Waals surface area contributed by atoms with Crippen LogP contribution in [0.3, 0.4) is 0 Å². The second-order valence-electron chi connectivity index (χ2n) is 9.37. The van der Waals surface area contributed by atoms with Crippen molar-refractivity contribution in [3.63, 3.8) is 0 Å². The van der Waals surface area contributed by atoms with Crippen LogP contribution in [0.5, 0.6) is 0 Å². The van der Waals surface area contributed by atoms with Crippen molar-refractivity contribution in [3.8, 4) is 0 Å². The Morgan fingerprint density at radius 1 is 0.704 bits per heavy atom. The molecular formula is C24H52N2Sn. The van der Waals surface area contributed by atoms with E-state index < -0.39 is 18.4 Å². The van der Waals surface area contributed by atoms with Crippen molar-refractivity contribution in [1.82, 2.24) is 9.80 Å². The Balaban J connectivity index is 3.00. The summed E-state index contributed by atoms with van der Waals surface area (Å²) < 4.78 is 6.53. The molecule has 1 aliphatic carbocycles. The zero-order chi connectivity index (χ0) is 20.1. The van der Waals surface area contributed by atoms with Crippen molar-refractivity contribution in [1.29, 1.82) is 0 Å². The molecule has 0 spiro atoms. The molecule has 0 saturated heterocycles. The molecule has 1 aliphatic rings. The quantitative estimate of drug-likeness (QED) is 0.231. The standard InChI is InChI=1S/C12H25N2.3C4H9.Sn/c1-5-13(3)11-9-7-8-10-12(11)14(4)6-2;3*1-3-4-2;/h11-12H,3,5-10H2,1-2,4H3;3*1,3-4H2,2H3;/t11-,12-;;;;/m1..../s1. The number of rotatable bonds is 15. The monoisotopic (exact) mass is 488 g/mol. The van der Waals surface area contributed by atoms with Gasteiger partial charge in [0.2, 0.25) is 0 Å². The zero-order valence-electron chi connectivity index (χ0n) is 19.9. The first kappa shape index (κ1) is 25.8. The van der Waals surface area contributed by atoms with E-state index in [2.05, 4.69) is 51.5 Å². The molecular weight excluding hydrogens is 435 g/mol. The van der Waals surface area contributed by atoms with Gasteiger partial charge in [0.05, 0.1) is 0 Å². The Labute approximate surface area is 176 Å². The molecule has 0 bridgehead atoms. The number of hydrogen-bond acceptors (Lipinski definition) is 2. The molecule has 3 heteroatoms. The Hall–Kier alpha value is 0.719. The maximum absolute atomic E-state index is 3.02. The van der Waals surface area contributed by atoms with Crippen LogP contribution in [0.1, 0.15) is 98.8 Å². The third-order valence-electron chi connectivity index (χ3n) is 7.35. The van der Waals surface area contributed by atoms with Gasteiger partial charge >= 0.3 is 177 Å². The molecule has 0 heterocycles. The molecule has 0 amide bonds. The van der Waals surface area contributed by atoms with Crippen LogP contribution in [0.2, 0.25) is 13.3 Å². The van der Waals surface area contributed by atoms with Crippen molar-refractivity contribution >= 4 is 18.4 Å². The van der Waals surface area contributed by atoms with Crippen LogP contribution >= 0.6 is 0 Å². The fourth-order valence-electron chi connectivity index (χ4n) is 5.43. The van der Waals surface area contributed by atoms with Crippen molar-refractivity contribution in [2.24, 2.45) is 0 Å². The predicted octanol–water partition coefficient (Wildman–Crippen LogP) is 6.96. The van der Waals surface area contributed by atoms with Gasteiger partial charge in [0.25, 0.3) is 0 Å². The fraction of sp³-hybridized carbons (Fsp3) is 1.00. The van der Waals surface area contributed by atoms with E-state index in [1.165, 1.54) is 77.3 Å². The van der Waals surface area contributed by atoms with Crippen LogP contribution < -0.4 is 0 Å². The van der Waals surface area contributed by atoms with Gasteiger partial charge in [-0.3, -0.25) is 0 Å². The molecule has 0 aliphatic heterocycles. The molecule has 1 saturated carbocycles. The second kappa shape index (κ2) is 14.7. The summed E-state index contributed by atoms with van der Waals surface area (Å²) in [5, 5.41) is 0. The molecule has 0 radical (unpaired) electrons. The van der Waals surface area contributed by atoms with Gasteiger partial charge in [-0.2, -0.15) is 0 Å². The van der Waals surface area contributed by atoms with Gasteiger partial charge in [-0.15, -0.1) is 0 Å². The van der Waals surface area contributed by atoms with Crippen LogP contribution in [0.25, 0.3) is 0 Å². The molecule has 27 heavy (non-hydrogen) atoms. The average molecular weight is 487 g/mol. The van der Waals surface area contributed by atoms with E-state index in [0.29, 0.717) is 0 Å². The third kappa shape index (κ3) is 8.54. The van der Waals surface area contributed by atoms with Gasteiger partial charge in [-0.05, 0) is 0 Å². The molecule has 0 aromatic carbocycles. The van der Waals surface area contributed by atoms with Crippen LogP contribution in [0, 0.1) is 0 Å². The molecule has 1 fully saturated rings. The molecule has 0 unspecified atom stereocenters. The second-order valence-corrected chi connectivity index (χ2v) is 23.1. The normalized spacial score (nSPS) is 21.3. The van der Waals surface area contributed by atoms with E-state index in [1.54, 1.807) is 17.9 Å². The zero-order valence-corrected chi connectivity index (χ0v) is 22.7. The van der Waals surface area contributed by atoms with Gasteiger partial charge in [-0.25, -0.2) is 0 Å². The van der Waals surface area contributed by atoms with E-state index >= 15 is 0 Å². The predicted molar refractivity (Wildman–Crippen MR) is 126 cm³/mol. The van der Waals surface area contributed by atoms with Crippen LogP contribution in [0.15, 0.2) is 0 Å². The topological polar surface area (TPSA) is 6.48 Å². The molecule has 2 nitrogen and oxygen atoms in total. The minimum atomic E-state index is -2.09. The molecule has 0 aromatic rings. The van der Waals surface area contributed by atoms with Gasteiger partial charge in [-0.1, -0.05) is 0 Å². The van der Waals surface area contributed by atoms with Crippen LogP contribution in [0.4, 0.5) is 0 Å². The van der Waals surface area contributed by atoms with Gasteiger partial charge in [0.1, 0.15) is 0 Å². The van der Waals surface area contributed by atoms with Crippen LogP contribution in [-0.4, -0.2) is 65.0 Å². The van der Waals surface area contributed by atoms with Crippen molar-refractivity contribution < 1.29 is 0 Å². The summed E-state index contributed by atoms with van der Waals surface area (Å²) in [6.07, 6.45) is 14.5.